The van der Waals surface area contributed by atoms with Crippen LogP contribution in [0.2, 0.25) is 0 Å². The van der Waals surface area contributed by atoms with Crippen LogP contribution in [0.3, 0.4) is 0 Å². The van der Waals surface area contributed by atoms with Crippen LogP contribution in [0.5, 0.6) is 11.5 Å². The van der Waals surface area contributed by atoms with Gasteiger partial charge in [-0.2, -0.15) is 11.3 Å². The van der Waals surface area contributed by atoms with Gasteiger partial charge in [0.2, 0.25) is 0 Å². The minimum atomic E-state index is -1.04. The maximum Gasteiger partial charge on any atom is 0.337 e. The molecular weight excluding hydrogens is 402 g/mol. The first-order valence-corrected chi connectivity index (χ1v) is 10.5. The Morgan fingerprint density at radius 3 is 2.80 bits per heavy atom. The summed E-state index contributed by atoms with van der Waals surface area (Å²) in [6.07, 6.45) is 2.14. The van der Waals surface area contributed by atoms with E-state index < -0.39 is 5.97 Å². The Morgan fingerprint density at radius 1 is 1.23 bits per heavy atom. The number of pyridine rings is 1. The van der Waals surface area contributed by atoms with Crippen molar-refractivity contribution in [3.63, 3.8) is 0 Å². The summed E-state index contributed by atoms with van der Waals surface area (Å²) in [5.74, 6) is 0.880. The highest BCUT2D eigenvalue weighted by molar-refractivity contribution is 7.07. The molecule has 0 bridgehead atoms. The van der Waals surface area contributed by atoms with Crippen molar-refractivity contribution in [3.05, 3.63) is 58.4 Å². The third-order valence-electron chi connectivity index (χ3n) is 4.35. The molecule has 4 aromatic rings. The quantitative estimate of drug-likeness (QED) is 0.423. The fourth-order valence-electron chi connectivity index (χ4n) is 3.00. The first-order valence-electron chi connectivity index (χ1n) is 9.53. The molecule has 0 aliphatic heterocycles. The fourth-order valence-corrected chi connectivity index (χ4v) is 3.71. The lowest BCUT2D eigenvalue weighted by molar-refractivity contribution is 0.0696. The van der Waals surface area contributed by atoms with Crippen molar-refractivity contribution in [2.45, 2.75) is 26.4 Å². The number of hydrogen-bond donors (Lipinski definition) is 2. The number of carbonyl (C=O) groups is 1. The number of aromatic nitrogens is 3. The highest BCUT2D eigenvalue weighted by Gasteiger charge is 2.13. The first kappa shape index (κ1) is 19.9. The summed E-state index contributed by atoms with van der Waals surface area (Å²) in [6, 6.07) is 9.21. The molecule has 0 aliphatic rings. The number of ether oxygens (including phenoxy) is 2. The Hall–Kier alpha value is -3.39. The Bertz CT molecular complexity index is 1170. The van der Waals surface area contributed by atoms with Crippen molar-refractivity contribution in [1.29, 1.82) is 0 Å². The van der Waals surface area contributed by atoms with Gasteiger partial charge in [0.25, 0.3) is 0 Å². The van der Waals surface area contributed by atoms with E-state index in [0.717, 1.165) is 12.0 Å². The zero-order valence-electron chi connectivity index (χ0n) is 16.6. The molecule has 0 fully saturated rings. The molecule has 3 heterocycles. The van der Waals surface area contributed by atoms with Crippen molar-refractivity contribution >= 4 is 28.5 Å². The van der Waals surface area contributed by atoms with Gasteiger partial charge in [0.1, 0.15) is 22.8 Å². The number of carboxylic acids is 1. The van der Waals surface area contributed by atoms with Crippen LogP contribution < -0.4 is 9.47 Å². The van der Waals surface area contributed by atoms with Gasteiger partial charge in [0.15, 0.2) is 5.65 Å². The van der Waals surface area contributed by atoms with E-state index in [4.69, 9.17) is 14.6 Å². The minimum absolute atomic E-state index is 0.00868. The molecule has 3 aromatic heterocycles. The Balaban J connectivity index is 1.63. The maximum absolute atomic E-state index is 11.2. The molecule has 0 amide bonds. The second kappa shape index (κ2) is 8.54. The smallest absolute Gasteiger partial charge is 0.337 e. The number of thiophene rings is 1. The van der Waals surface area contributed by atoms with Gasteiger partial charge in [-0.15, -0.1) is 0 Å². The Kier molecular flexibility index (Phi) is 5.67. The number of aromatic amines is 1. The van der Waals surface area contributed by atoms with E-state index in [9.17, 15) is 4.79 Å². The second-order valence-corrected chi connectivity index (χ2v) is 7.85. The van der Waals surface area contributed by atoms with Crippen LogP contribution in [0.4, 0.5) is 0 Å². The van der Waals surface area contributed by atoms with E-state index >= 15 is 0 Å². The SMILES string of the molecule is CC(C)Oc1cc(OCCc2ccsc2)cc(-c2nc3cc(C(=O)O)cnc3[nH]2)c1. The van der Waals surface area contributed by atoms with Crippen LogP contribution in [0, 0.1) is 0 Å². The number of imidazole rings is 1. The number of carboxylic acid groups (broad SMARTS) is 1. The van der Waals surface area contributed by atoms with Crippen LogP contribution in [-0.2, 0) is 6.42 Å². The van der Waals surface area contributed by atoms with E-state index in [1.165, 1.54) is 17.8 Å². The van der Waals surface area contributed by atoms with E-state index in [-0.39, 0.29) is 11.7 Å². The number of rotatable bonds is 8. The molecule has 0 aliphatic carbocycles. The summed E-state index contributed by atoms with van der Waals surface area (Å²) in [7, 11) is 0. The number of aromatic carboxylic acids is 1. The normalized spacial score (nSPS) is 11.2. The molecule has 4 rings (SSSR count). The number of hydrogen-bond acceptors (Lipinski definition) is 6. The molecule has 0 radical (unpaired) electrons. The zero-order valence-corrected chi connectivity index (χ0v) is 17.4. The standard InChI is InChI=1S/C22H21N3O4S/c1-13(2)29-18-8-15(7-17(10-18)28-5-3-14-4-6-30-12-14)20-24-19-9-16(22(26)27)11-23-21(19)25-20/h4,6-13H,3,5H2,1-2H3,(H,26,27)(H,23,24,25). The van der Waals surface area contributed by atoms with Crippen LogP contribution in [-0.4, -0.2) is 38.7 Å². The number of nitrogens with one attached hydrogen (secondary N) is 1. The number of nitrogens with zero attached hydrogens (tertiary/aromatic N) is 2. The van der Waals surface area contributed by atoms with E-state index in [1.807, 2.05) is 32.0 Å². The summed E-state index contributed by atoms with van der Waals surface area (Å²) in [5, 5.41) is 13.3. The van der Waals surface area contributed by atoms with Gasteiger partial charge in [-0.05, 0) is 54.4 Å². The van der Waals surface area contributed by atoms with E-state index in [2.05, 4.69) is 31.8 Å². The van der Waals surface area contributed by atoms with Crippen molar-refractivity contribution < 1.29 is 19.4 Å². The minimum Gasteiger partial charge on any atom is -0.493 e. The van der Waals surface area contributed by atoms with Gasteiger partial charge >= 0.3 is 5.97 Å². The maximum atomic E-state index is 11.2. The Morgan fingerprint density at radius 2 is 2.07 bits per heavy atom. The lowest BCUT2D eigenvalue weighted by Crippen LogP contribution is -2.06. The van der Waals surface area contributed by atoms with Gasteiger partial charge in [-0.1, -0.05) is 0 Å². The van der Waals surface area contributed by atoms with Crippen molar-refractivity contribution in [3.8, 4) is 22.9 Å². The lowest BCUT2D eigenvalue weighted by atomic mass is 10.2. The largest absolute Gasteiger partial charge is 0.493 e. The molecule has 8 heteroatoms. The van der Waals surface area contributed by atoms with Gasteiger partial charge < -0.3 is 19.6 Å². The van der Waals surface area contributed by atoms with E-state index in [0.29, 0.717) is 35.1 Å². The molecule has 0 saturated carbocycles. The third-order valence-corrected chi connectivity index (χ3v) is 5.08. The topological polar surface area (TPSA) is 97.3 Å². The van der Waals surface area contributed by atoms with Crippen molar-refractivity contribution in [2.24, 2.45) is 0 Å². The van der Waals surface area contributed by atoms with Crippen LogP contribution >= 0.6 is 11.3 Å². The molecule has 0 atom stereocenters. The third kappa shape index (κ3) is 4.60. The summed E-state index contributed by atoms with van der Waals surface area (Å²) in [4.78, 5) is 23.0. The van der Waals surface area contributed by atoms with Crippen molar-refractivity contribution in [2.75, 3.05) is 6.61 Å². The zero-order chi connectivity index (χ0) is 21.1. The number of fused-ring (bicyclic) bond motifs is 1. The average Bonchev–Trinajstić information content (AvgIpc) is 3.36. The Labute approximate surface area is 177 Å². The first-order chi connectivity index (χ1) is 14.5. The van der Waals surface area contributed by atoms with Crippen molar-refractivity contribution in [1.82, 2.24) is 15.0 Å². The number of H-pyrrole nitrogens is 1. The molecule has 30 heavy (non-hydrogen) atoms. The average molecular weight is 423 g/mol. The molecular formula is C22H21N3O4S. The fraction of sp³-hybridized carbons (Fsp3) is 0.227. The monoisotopic (exact) mass is 423 g/mol. The van der Waals surface area contributed by atoms with Gasteiger partial charge in [0, 0.05) is 24.2 Å². The molecule has 0 saturated heterocycles. The summed E-state index contributed by atoms with van der Waals surface area (Å²) >= 11 is 1.67. The molecule has 2 N–H and O–H groups in total. The predicted octanol–water partition coefficient (Wildman–Crippen LogP) is 4.79. The molecule has 154 valence electrons. The van der Waals surface area contributed by atoms with Gasteiger partial charge in [-0.25, -0.2) is 14.8 Å². The summed E-state index contributed by atoms with van der Waals surface area (Å²) < 4.78 is 11.9. The molecule has 7 nitrogen and oxygen atoms in total. The van der Waals surface area contributed by atoms with Crippen LogP contribution in [0.1, 0.15) is 29.8 Å². The van der Waals surface area contributed by atoms with Gasteiger partial charge in [-0.3, -0.25) is 0 Å². The summed E-state index contributed by atoms with van der Waals surface area (Å²) in [6.45, 7) is 4.47. The molecule has 1 aromatic carbocycles. The van der Waals surface area contributed by atoms with Crippen LogP contribution in [0.25, 0.3) is 22.6 Å². The molecule has 0 unspecified atom stereocenters. The van der Waals surface area contributed by atoms with E-state index in [1.54, 1.807) is 11.3 Å². The number of benzene rings is 1. The molecule has 0 spiro atoms. The predicted molar refractivity (Wildman–Crippen MR) is 116 cm³/mol. The second-order valence-electron chi connectivity index (χ2n) is 7.07. The van der Waals surface area contributed by atoms with Gasteiger partial charge in [0.05, 0.1) is 18.3 Å². The highest BCUT2D eigenvalue weighted by atomic mass is 32.1. The summed E-state index contributed by atoms with van der Waals surface area (Å²) in [5.41, 5.74) is 3.11. The lowest BCUT2D eigenvalue weighted by Gasteiger charge is -2.13. The highest BCUT2D eigenvalue weighted by Crippen LogP contribution is 2.30. The van der Waals surface area contributed by atoms with Crippen LogP contribution in [0.15, 0.2) is 47.3 Å².